The van der Waals surface area contributed by atoms with Crippen LogP contribution in [0.25, 0.3) is 0 Å². The zero-order chi connectivity index (χ0) is 12.1. The molecule has 0 aliphatic heterocycles. The van der Waals surface area contributed by atoms with Crippen molar-refractivity contribution in [2.45, 2.75) is 12.8 Å². The molecule has 0 amide bonds. The van der Waals surface area contributed by atoms with E-state index < -0.39 is 11.8 Å². The van der Waals surface area contributed by atoms with Gasteiger partial charge in [-0.2, -0.15) is 0 Å². The molecule has 0 aromatic heterocycles. The lowest BCUT2D eigenvalue weighted by molar-refractivity contribution is -0.137. The summed E-state index contributed by atoms with van der Waals surface area (Å²) in [6.45, 7) is 0.414. The third-order valence-electron chi connectivity index (χ3n) is 1.88. The predicted octanol–water partition coefficient (Wildman–Crippen LogP) is 3.41. The Bertz CT molecular complexity index is 375. The molecule has 0 fully saturated rings. The quantitative estimate of drug-likeness (QED) is 0.803. The summed E-state index contributed by atoms with van der Waals surface area (Å²) in [6, 6.07) is 2.29. The number of benzene rings is 1. The molecule has 6 heteroatoms. The van der Waals surface area contributed by atoms with Gasteiger partial charge in [0, 0.05) is 13.0 Å². The first-order chi connectivity index (χ1) is 7.50. The Morgan fingerprint density at radius 1 is 1.38 bits per heavy atom. The van der Waals surface area contributed by atoms with Crippen molar-refractivity contribution in [3.8, 4) is 0 Å². The Balaban J connectivity index is 2.57. The molecule has 1 aromatic carbocycles. The molecule has 0 aliphatic carbocycles. The Labute approximate surface area is 102 Å². The van der Waals surface area contributed by atoms with E-state index in [1.54, 1.807) is 0 Å². The minimum absolute atomic E-state index is 0.0590. The van der Waals surface area contributed by atoms with E-state index in [2.05, 4.69) is 5.32 Å². The first-order valence-corrected chi connectivity index (χ1v) is 5.36. The van der Waals surface area contributed by atoms with Crippen molar-refractivity contribution in [3.63, 3.8) is 0 Å². The van der Waals surface area contributed by atoms with Gasteiger partial charge in [0.2, 0.25) is 0 Å². The number of anilines is 1. The van der Waals surface area contributed by atoms with Crippen LogP contribution < -0.4 is 5.32 Å². The number of hydrogen-bond donors (Lipinski definition) is 2. The number of rotatable bonds is 5. The van der Waals surface area contributed by atoms with Gasteiger partial charge in [-0.3, -0.25) is 4.79 Å². The van der Waals surface area contributed by atoms with Gasteiger partial charge < -0.3 is 10.4 Å². The highest BCUT2D eigenvalue weighted by Gasteiger charge is 2.07. The Morgan fingerprint density at radius 3 is 2.44 bits per heavy atom. The van der Waals surface area contributed by atoms with Crippen molar-refractivity contribution in [1.29, 1.82) is 0 Å². The number of carboxylic acid groups (broad SMARTS) is 1. The minimum Gasteiger partial charge on any atom is -0.481 e. The van der Waals surface area contributed by atoms with E-state index in [4.69, 9.17) is 28.3 Å². The normalized spacial score (nSPS) is 10.2. The van der Waals surface area contributed by atoms with Gasteiger partial charge in [0.25, 0.3) is 0 Å². The Morgan fingerprint density at radius 2 is 1.94 bits per heavy atom. The van der Waals surface area contributed by atoms with E-state index in [-0.39, 0.29) is 16.5 Å². The second-order valence-corrected chi connectivity index (χ2v) is 3.98. The summed E-state index contributed by atoms with van der Waals surface area (Å²) in [6.07, 6.45) is 0.503. The molecule has 0 atom stereocenters. The molecule has 16 heavy (non-hydrogen) atoms. The lowest BCUT2D eigenvalue weighted by atomic mass is 10.2. The number of nitrogens with one attached hydrogen (secondary N) is 1. The van der Waals surface area contributed by atoms with Gasteiger partial charge in [0.05, 0.1) is 15.7 Å². The summed E-state index contributed by atoms with van der Waals surface area (Å²) in [4.78, 5) is 10.3. The van der Waals surface area contributed by atoms with E-state index in [9.17, 15) is 9.18 Å². The largest absolute Gasteiger partial charge is 0.481 e. The molecule has 3 nitrogen and oxygen atoms in total. The van der Waals surface area contributed by atoms with Crippen LogP contribution in [0, 0.1) is 5.82 Å². The molecule has 1 rings (SSSR count). The van der Waals surface area contributed by atoms with E-state index in [1.807, 2.05) is 0 Å². The van der Waals surface area contributed by atoms with Gasteiger partial charge >= 0.3 is 5.97 Å². The fourth-order valence-corrected chi connectivity index (χ4v) is 1.76. The van der Waals surface area contributed by atoms with Crippen molar-refractivity contribution in [1.82, 2.24) is 0 Å². The van der Waals surface area contributed by atoms with Crippen LogP contribution in [-0.4, -0.2) is 17.6 Å². The highest BCUT2D eigenvalue weighted by Crippen LogP contribution is 2.31. The molecule has 0 unspecified atom stereocenters. The standard InChI is InChI=1S/C10H10Cl2FNO2/c11-7-4-6(13)5-8(12)10(7)14-3-1-2-9(15)16/h4-5,14H,1-3H2,(H,15,16). The second-order valence-electron chi connectivity index (χ2n) is 3.17. The van der Waals surface area contributed by atoms with Crippen molar-refractivity contribution >= 4 is 34.9 Å². The molecule has 0 aliphatic rings. The molecule has 2 N–H and O–H groups in total. The lowest BCUT2D eigenvalue weighted by Crippen LogP contribution is -2.05. The highest BCUT2D eigenvalue weighted by molar-refractivity contribution is 6.39. The summed E-state index contributed by atoms with van der Waals surface area (Å²) in [7, 11) is 0. The topological polar surface area (TPSA) is 49.3 Å². The van der Waals surface area contributed by atoms with Gasteiger partial charge in [-0.25, -0.2) is 4.39 Å². The smallest absolute Gasteiger partial charge is 0.303 e. The molecule has 0 spiro atoms. The van der Waals surface area contributed by atoms with E-state index >= 15 is 0 Å². The molecule has 0 heterocycles. The SMILES string of the molecule is O=C(O)CCCNc1c(Cl)cc(F)cc1Cl. The van der Waals surface area contributed by atoms with Crippen LogP contribution in [0.2, 0.25) is 10.0 Å². The summed E-state index contributed by atoms with van der Waals surface area (Å²) in [5.74, 6) is -1.37. The molecule has 0 saturated heterocycles. The van der Waals surface area contributed by atoms with Gasteiger partial charge in [-0.05, 0) is 18.6 Å². The van der Waals surface area contributed by atoms with Crippen LogP contribution in [0.3, 0.4) is 0 Å². The molecule has 88 valence electrons. The average Bonchev–Trinajstić information content (AvgIpc) is 2.14. The van der Waals surface area contributed by atoms with Crippen LogP contribution in [-0.2, 0) is 4.79 Å². The zero-order valence-electron chi connectivity index (χ0n) is 8.27. The fraction of sp³-hybridized carbons (Fsp3) is 0.300. The van der Waals surface area contributed by atoms with Crippen LogP contribution in [0.15, 0.2) is 12.1 Å². The minimum atomic E-state index is -0.863. The van der Waals surface area contributed by atoms with Crippen LogP contribution in [0.4, 0.5) is 10.1 Å². The van der Waals surface area contributed by atoms with Gasteiger partial charge in [-0.15, -0.1) is 0 Å². The van der Waals surface area contributed by atoms with Crippen LogP contribution in [0.5, 0.6) is 0 Å². The number of carbonyl (C=O) groups is 1. The number of carboxylic acids is 1. The molecule has 0 bridgehead atoms. The first kappa shape index (κ1) is 13.1. The molecule has 1 aromatic rings. The predicted molar refractivity (Wildman–Crippen MR) is 61.8 cm³/mol. The number of hydrogen-bond acceptors (Lipinski definition) is 2. The van der Waals surface area contributed by atoms with Gasteiger partial charge in [0.1, 0.15) is 5.82 Å². The monoisotopic (exact) mass is 265 g/mol. The zero-order valence-corrected chi connectivity index (χ0v) is 9.78. The first-order valence-electron chi connectivity index (χ1n) is 4.61. The summed E-state index contributed by atoms with van der Waals surface area (Å²) in [5.41, 5.74) is 0.426. The van der Waals surface area contributed by atoms with Crippen molar-refractivity contribution in [2.75, 3.05) is 11.9 Å². The second kappa shape index (κ2) is 5.92. The average molecular weight is 266 g/mol. The molecule has 0 saturated carbocycles. The molecule has 0 radical (unpaired) electrons. The maximum absolute atomic E-state index is 12.8. The lowest BCUT2D eigenvalue weighted by Gasteiger charge is -2.09. The van der Waals surface area contributed by atoms with Crippen LogP contribution in [0.1, 0.15) is 12.8 Å². The highest BCUT2D eigenvalue weighted by atomic mass is 35.5. The van der Waals surface area contributed by atoms with Crippen LogP contribution >= 0.6 is 23.2 Å². The number of halogens is 3. The maximum atomic E-state index is 12.8. The fourth-order valence-electron chi connectivity index (χ4n) is 1.16. The van der Waals surface area contributed by atoms with Gasteiger partial charge in [-0.1, -0.05) is 23.2 Å². The summed E-state index contributed by atoms with van der Waals surface area (Å²) >= 11 is 11.5. The summed E-state index contributed by atoms with van der Waals surface area (Å²) in [5, 5.41) is 11.7. The van der Waals surface area contributed by atoms with E-state index in [1.165, 1.54) is 0 Å². The van der Waals surface area contributed by atoms with E-state index in [0.717, 1.165) is 12.1 Å². The summed E-state index contributed by atoms with van der Waals surface area (Å²) < 4.78 is 12.8. The maximum Gasteiger partial charge on any atom is 0.303 e. The van der Waals surface area contributed by atoms with E-state index in [0.29, 0.717) is 18.7 Å². The molecular weight excluding hydrogens is 256 g/mol. The Kier molecular flexibility index (Phi) is 4.83. The van der Waals surface area contributed by atoms with Crippen molar-refractivity contribution in [2.24, 2.45) is 0 Å². The van der Waals surface area contributed by atoms with Crippen molar-refractivity contribution in [3.05, 3.63) is 28.0 Å². The molecular formula is C10H10Cl2FNO2. The number of aliphatic carboxylic acids is 1. The van der Waals surface area contributed by atoms with Gasteiger partial charge in [0.15, 0.2) is 0 Å². The third-order valence-corrected chi connectivity index (χ3v) is 2.47. The Hall–Kier alpha value is -1.00. The van der Waals surface area contributed by atoms with Crippen molar-refractivity contribution < 1.29 is 14.3 Å². The third kappa shape index (κ3) is 3.87.